The predicted octanol–water partition coefficient (Wildman–Crippen LogP) is 3.55. The Kier molecular flexibility index (Phi) is 5.08. The molecule has 1 unspecified atom stereocenters. The number of hydrogen-bond donors (Lipinski definition) is 1. The fourth-order valence-electron chi connectivity index (χ4n) is 2.60. The van der Waals surface area contributed by atoms with Crippen LogP contribution in [0.1, 0.15) is 44.9 Å². The largest absolute Gasteiger partial charge is 0.357 e. The van der Waals surface area contributed by atoms with Crippen molar-refractivity contribution in [1.29, 1.82) is 0 Å². The van der Waals surface area contributed by atoms with Crippen molar-refractivity contribution in [3.63, 3.8) is 0 Å². The monoisotopic (exact) mass is 293 g/mol. The number of guanidine groups is 1. The molecule has 2 heterocycles. The Balaban J connectivity index is 1.99. The highest BCUT2D eigenvalue weighted by molar-refractivity contribution is 7.10. The van der Waals surface area contributed by atoms with E-state index in [4.69, 9.17) is 4.99 Å². The average Bonchev–Trinajstić information content (AvgIpc) is 3.03. The van der Waals surface area contributed by atoms with Crippen LogP contribution < -0.4 is 5.32 Å². The van der Waals surface area contributed by atoms with Gasteiger partial charge in [-0.15, -0.1) is 11.3 Å². The highest BCUT2D eigenvalue weighted by Crippen LogP contribution is 2.29. The second kappa shape index (κ2) is 6.61. The summed E-state index contributed by atoms with van der Waals surface area (Å²) in [5, 5.41) is 5.58. The molecule has 0 amide bonds. The molecule has 3 nitrogen and oxygen atoms in total. The maximum absolute atomic E-state index is 4.86. The second-order valence-corrected chi connectivity index (χ2v) is 7.43. The minimum Gasteiger partial charge on any atom is -0.357 e. The quantitative estimate of drug-likeness (QED) is 0.679. The molecule has 1 fully saturated rings. The zero-order chi connectivity index (χ0) is 14.6. The van der Waals surface area contributed by atoms with Crippen molar-refractivity contribution in [2.45, 2.75) is 40.0 Å². The van der Waals surface area contributed by atoms with Gasteiger partial charge < -0.3 is 10.2 Å². The molecule has 0 aromatic carbocycles. The van der Waals surface area contributed by atoms with Crippen LogP contribution in [0.4, 0.5) is 0 Å². The van der Waals surface area contributed by atoms with Gasteiger partial charge in [0.2, 0.25) is 0 Å². The number of thiophene rings is 1. The zero-order valence-corrected chi connectivity index (χ0v) is 14.0. The van der Waals surface area contributed by atoms with E-state index in [-0.39, 0.29) is 0 Å². The number of hydrogen-bond acceptors (Lipinski definition) is 2. The van der Waals surface area contributed by atoms with Crippen LogP contribution in [-0.2, 0) is 0 Å². The fraction of sp³-hybridized carbons (Fsp3) is 0.688. The van der Waals surface area contributed by atoms with Crippen LogP contribution >= 0.6 is 11.3 Å². The van der Waals surface area contributed by atoms with Crippen LogP contribution in [0.5, 0.6) is 0 Å². The van der Waals surface area contributed by atoms with Gasteiger partial charge in [0.1, 0.15) is 0 Å². The number of aliphatic imine (C=N–C) groups is 1. The molecule has 112 valence electrons. The smallest absolute Gasteiger partial charge is 0.193 e. The lowest BCUT2D eigenvalue weighted by atomic mass is 9.93. The lowest BCUT2D eigenvalue weighted by Crippen LogP contribution is -2.41. The van der Waals surface area contributed by atoms with Crippen molar-refractivity contribution in [1.82, 2.24) is 10.2 Å². The third kappa shape index (κ3) is 3.98. The molecular weight excluding hydrogens is 266 g/mol. The van der Waals surface area contributed by atoms with E-state index in [1.54, 1.807) is 0 Å². The summed E-state index contributed by atoms with van der Waals surface area (Å²) in [5.41, 5.74) is 0.412. The molecule has 1 aromatic rings. The number of rotatable bonds is 4. The van der Waals surface area contributed by atoms with Gasteiger partial charge in [-0.1, -0.05) is 26.8 Å². The van der Waals surface area contributed by atoms with Crippen LogP contribution in [0.2, 0.25) is 0 Å². The van der Waals surface area contributed by atoms with Crippen molar-refractivity contribution in [2.75, 3.05) is 26.2 Å². The molecule has 2 rings (SSSR count). The van der Waals surface area contributed by atoms with E-state index in [2.05, 4.69) is 55.4 Å². The van der Waals surface area contributed by atoms with Gasteiger partial charge in [0.25, 0.3) is 0 Å². The van der Waals surface area contributed by atoms with Crippen molar-refractivity contribution < 1.29 is 0 Å². The van der Waals surface area contributed by atoms with E-state index in [0.29, 0.717) is 11.3 Å². The third-order valence-corrected chi connectivity index (χ3v) is 4.96. The molecule has 0 radical (unpaired) electrons. The zero-order valence-electron chi connectivity index (χ0n) is 13.1. The Morgan fingerprint density at radius 2 is 2.35 bits per heavy atom. The third-order valence-electron chi connectivity index (χ3n) is 3.86. The molecule has 1 aliphatic rings. The first-order valence-electron chi connectivity index (χ1n) is 7.58. The SMILES string of the molecule is CCNC(=NCC(C)c1cccs1)N1CCC(C)(C)C1. The summed E-state index contributed by atoms with van der Waals surface area (Å²) in [6.45, 7) is 13.1. The van der Waals surface area contributed by atoms with Crippen molar-refractivity contribution in [3.05, 3.63) is 22.4 Å². The van der Waals surface area contributed by atoms with Crippen molar-refractivity contribution >= 4 is 17.3 Å². The van der Waals surface area contributed by atoms with E-state index in [9.17, 15) is 0 Å². The molecule has 4 heteroatoms. The highest BCUT2D eigenvalue weighted by atomic mass is 32.1. The summed E-state index contributed by atoms with van der Waals surface area (Å²) < 4.78 is 0. The molecule has 0 spiro atoms. The summed E-state index contributed by atoms with van der Waals surface area (Å²) in [6.07, 6.45) is 1.25. The molecule has 1 aliphatic heterocycles. The molecule has 1 atom stereocenters. The van der Waals surface area contributed by atoms with Crippen LogP contribution in [0.15, 0.2) is 22.5 Å². The van der Waals surface area contributed by atoms with Crippen LogP contribution in [-0.4, -0.2) is 37.0 Å². The first-order valence-corrected chi connectivity index (χ1v) is 8.46. The molecule has 0 aliphatic carbocycles. The van der Waals surface area contributed by atoms with Crippen LogP contribution in [0.25, 0.3) is 0 Å². The fourth-order valence-corrected chi connectivity index (χ4v) is 3.38. The predicted molar refractivity (Wildman–Crippen MR) is 88.7 cm³/mol. The molecule has 1 aromatic heterocycles. The van der Waals surface area contributed by atoms with Gasteiger partial charge in [0.15, 0.2) is 5.96 Å². The number of likely N-dealkylation sites (tertiary alicyclic amines) is 1. The van der Waals surface area contributed by atoms with Gasteiger partial charge in [-0.3, -0.25) is 4.99 Å². The first kappa shape index (κ1) is 15.4. The topological polar surface area (TPSA) is 27.6 Å². The molecule has 1 N–H and O–H groups in total. The highest BCUT2D eigenvalue weighted by Gasteiger charge is 2.30. The van der Waals surface area contributed by atoms with Crippen molar-refractivity contribution in [3.8, 4) is 0 Å². The molecule has 0 saturated carbocycles. The van der Waals surface area contributed by atoms with Crippen molar-refractivity contribution in [2.24, 2.45) is 10.4 Å². The lowest BCUT2D eigenvalue weighted by molar-refractivity contribution is 0.370. The minimum absolute atomic E-state index is 0.412. The summed E-state index contributed by atoms with van der Waals surface area (Å²) in [5.74, 6) is 1.58. The maximum atomic E-state index is 4.86. The van der Waals surface area contributed by atoms with Gasteiger partial charge in [-0.05, 0) is 30.2 Å². The maximum Gasteiger partial charge on any atom is 0.193 e. The summed E-state index contributed by atoms with van der Waals surface area (Å²) in [4.78, 5) is 8.68. The van der Waals surface area contributed by atoms with E-state index in [1.165, 1.54) is 11.3 Å². The van der Waals surface area contributed by atoms with E-state index >= 15 is 0 Å². The van der Waals surface area contributed by atoms with Crippen LogP contribution in [0, 0.1) is 5.41 Å². The van der Waals surface area contributed by atoms with Crippen LogP contribution in [0.3, 0.4) is 0 Å². The van der Waals surface area contributed by atoms with E-state index in [1.807, 2.05) is 11.3 Å². The minimum atomic E-state index is 0.412. The Morgan fingerprint density at radius 1 is 1.55 bits per heavy atom. The number of nitrogens with zero attached hydrogens (tertiary/aromatic N) is 2. The Labute approximate surface area is 127 Å². The summed E-state index contributed by atoms with van der Waals surface area (Å²) >= 11 is 1.82. The average molecular weight is 293 g/mol. The van der Waals surface area contributed by atoms with Gasteiger partial charge in [0.05, 0.1) is 6.54 Å². The molecular formula is C16H27N3S. The van der Waals surface area contributed by atoms with Gasteiger partial charge >= 0.3 is 0 Å². The normalized spacial score (nSPS) is 20.2. The molecule has 1 saturated heterocycles. The second-order valence-electron chi connectivity index (χ2n) is 6.45. The Bertz CT molecular complexity index is 437. The van der Waals surface area contributed by atoms with Gasteiger partial charge in [-0.25, -0.2) is 0 Å². The lowest BCUT2D eigenvalue weighted by Gasteiger charge is -2.24. The van der Waals surface area contributed by atoms with E-state index in [0.717, 1.165) is 32.1 Å². The standard InChI is InChI=1S/C16H27N3S/c1-5-17-15(19-9-8-16(3,4)12-19)18-11-13(2)14-7-6-10-20-14/h6-7,10,13H,5,8-9,11-12H2,1-4H3,(H,17,18). The first-order chi connectivity index (χ1) is 9.52. The molecule has 0 bridgehead atoms. The van der Waals surface area contributed by atoms with Gasteiger partial charge in [-0.2, -0.15) is 0 Å². The Hall–Kier alpha value is -1.03. The van der Waals surface area contributed by atoms with E-state index < -0.39 is 0 Å². The summed E-state index contributed by atoms with van der Waals surface area (Å²) in [6, 6.07) is 4.32. The number of nitrogens with one attached hydrogen (secondary N) is 1. The van der Waals surface area contributed by atoms with Gasteiger partial charge in [0, 0.05) is 30.4 Å². The summed E-state index contributed by atoms with van der Waals surface area (Å²) in [7, 11) is 0. The Morgan fingerprint density at radius 3 is 2.90 bits per heavy atom. The molecule has 20 heavy (non-hydrogen) atoms.